The number of benzene rings is 2. The minimum Gasteiger partial charge on any atom is -0.506 e. The van der Waals surface area contributed by atoms with E-state index < -0.39 is 11.4 Å². The fraction of sp³-hybridized carbons (Fsp3) is 0. The van der Waals surface area contributed by atoms with Crippen molar-refractivity contribution in [2.24, 2.45) is 0 Å². The van der Waals surface area contributed by atoms with Gasteiger partial charge in [0.1, 0.15) is 40.2 Å². The summed E-state index contributed by atoms with van der Waals surface area (Å²) in [6, 6.07) is 13.6. The van der Waals surface area contributed by atoms with Gasteiger partial charge in [-0.1, -0.05) is 29.8 Å². The van der Waals surface area contributed by atoms with Crippen LogP contribution in [0.1, 0.15) is 5.56 Å². The van der Waals surface area contributed by atoms with Crippen molar-refractivity contribution < 1.29 is 13.9 Å². The number of nitrogens with zero attached hydrogens (tertiary/aromatic N) is 2. The molecule has 8 heteroatoms. The monoisotopic (exact) mass is 407 g/mol. The van der Waals surface area contributed by atoms with E-state index in [1.165, 1.54) is 30.3 Å². The number of aromatic hydroxyl groups is 1. The van der Waals surface area contributed by atoms with Crippen molar-refractivity contribution in [2.45, 2.75) is 0 Å². The molecule has 6 nitrogen and oxygen atoms in total. The first-order valence-electron chi connectivity index (χ1n) is 8.32. The van der Waals surface area contributed by atoms with E-state index in [0.29, 0.717) is 0 Å². The fourth-order valence-electron chi connectivity index (χ4n) is 3.12. The van der Waals surface area contributed by atoms with Gasteiger partial charge in [0, 0.05) is 11.1 Å². The van der Waals surface area contributed by atoms with Gasteiger partial charge in [0.15, 0.2) is 0 Å². The van der Waals surface area contributed by atoms with Crippen LogP contribution >= 0.6 is 11.6 Å². The molecule has 4 rings (SSSR count). The van der Waals surface area contributed by atoms with Crippen molar-refractivity contribution in [2.75, 3.05) is 5.73 Å². The number of para-hydroxylation sites is 1. The first kappa shape index (κ1) is 18.5. The minimum atomic E-state index is -0.858. The van der Waals surface area contributed by atoms with Crippen LogP contribution in [-0.4, -0.2) is 10.1 Å². The number of aromatic nitrogens is 1. The third-order valence-corrected chi connectivity index (χ3v) is 4.75. The lowest BCUT2D eigenvalue weighted by molar-refractivity contribution is 0.471. The van der Waals surface area contributed by atoms with Crippen molar-refractivity contribution in [3.63, 3.8) is 0 Å². The molecule has 0 radical (unpaired) electrons. The highest BCUT2D eigenvalue weighted by Crippen LogP contribution is 2.39. The SMILES string of the molecule is N#Cc1c(-c2c(F)cccc2Cl)cc(-c2c(O)c3ccccc3oc2=O)nc1N. The highest BCUT2D eigenvalue weighted by molar-refractivity contribution is 6.33. The third-order valence-electron chi connectivity index (χ3n) is 4.43. The van der Waals surface area contributed by atoms with E-state index >= 15 is 0 Å². The van der Waals surface area contributed by atoms with Crippen molar-refractivity contribution in [3.05, 3.63) is 75.4 Å². The van der Waals surface area contributed by atoms with Crippen LogP contribution in [0.2, 0.25) is 5.02 Å². The van der Waals surface area contributed by atoms with E-state index in [9.17, 15) is 19.6 Å². The molecule has 0 aliphatic rings. The second-order valence-electron chi connectivity index (χ2n) is 6.13. The average molecular weight is 408 g/mol. The summed E-state index contributed by atoms with van der Waals surface area (Å²) in [6.07, 6.45) is 0. The normalized spacial score (nSPS) is 10.8. The van der Waals surface area contributed by atoms with E-state index in [2.05, 4.69) is 4.98 Å². The van der Waals surface area contributed by atoms with Crippen LogP contribution in [0.4, 0.5) is 10.2 Å². The zero-order chi connectivity index (χ0) is 20.7. The molecule has 2 aromatic carbocycles. The second kappa shape index (κ2) is 6.93. The van der Waals surface area contributed by atoms with Gasteiger partial charge in [0.05, 0.1) is 16.1 Å². The van der Waals surface area contributed by atoms with Gasteiger partial charge >= 0.3 is 5.63 Å². The maximum absolute atomic E-state index is 14.5. The van der Waals surface area contributed by atoms with E-state index in [-0.39, 0.29) is 55.5 Å². The number of nitriles is 1. The Hall–Kier alpha value is -3.89. The molecule has 0 spiro atoms. The standard InChI is InChI=1S/C21H11ClFN3O3/c22-13-5-3-6-14(23)17(13)11-8-15(26-20(25)12(11)9-24)18-19(27)10-4-1-2-7-16(10)29-21(18)28/h1-8,27H,(H2,25,26). The molecule has 0 aliphatic carbocycles. The molecule has 0 bridgehead atoms. The Kier molecular flexibility index (Phi) is 4.41. The average Bonchev–Trinajstić information content (AvgIpc) is 2.68. The highest BCUT2D eigenvalue weighted by atomic mass is 35.5. The first-order valence-corrected chi connectivity index (χ1v) is 8.70. The van der Waals surface area contributed by atoms with Gasteiger partial charge in [-0.2, -0.15) is 5.26 Å². The zero-order valence-electron chi connectivity index (χ0n) is 14.6. The summed E-state index contributed by atoms with van der Waals surface area (Å²) >= 11 is 6.14. The highest BCUT2D eigenvalue weighted by Gasteiger charge is 2.22. The summed E-state index contributed by atoms with van der Waals surface area (Å²) in [5.74, 6) is -1.29. The Bertz CT molecular complexity index is 1370. The van der Waals surface area contributed by atoms with Crippen LogP contribution in [0.15, 0.2) is 57.7 Å². The van der Waals surface area contributed by atoms with Gasteiger partial charge in [-0.25, -0.2) is 14.2 Å². The number of hydrogen-bond donors (Lipinski definition) is 2. The molecule has 29 heavy (non-hydrogen) atoms. The van der Waals surface area contributed by atoms with Gasteiger partial charge in [-0.3, -0.25) is 0 Å². The van der Waals surface area contributed by atoms with E-state index in [0.717, 1.165) is 0 Å². The number of rotatable bonds is 2. The number of halogens is 2. The summed E-state index contributed by atoms with van der Waals surface area (Å²) in [7, 11) is 0. The fourth-order valence-corrected chi connectivity index (χ4v) is 3.39. The number of pyridine rings is 1. The molecule has 2 heterocycles. The molecule has 3 N–H and O–H groups in total. The molecular weight excluding hydrogens is 397 g/mol. The van der Waals surface area contributed by atoms with Gasteiger partial charge in [0.2, 0.25) is 0 Å². The Morgan fingerprint density at radius 1 is 1.17 bits per heavy atom. The van der Waals surface area contributed by atoms with E-state index in [1.54, 1.807) is 18.2 Å². The van der Waals surface area contributed by atoms with Crippen LogP contribution < -0.4 is 11.4 Å². The van der Waals surface area contributed by atoms with E-state index in [1.807, 2.05) is 6.07 Å². The van der Waals surface area contributed by atoms with Crippen LogP contribution in [0.25, 0.3) is 33.4 Å². The molecule has 0 amide bonds. The summed E-state index contributed by atoms with van der Waals surface area (Å²) in [6.45, 7) is 0. The Labute approximate surface area is 168 Å². The lowest BCUT2D eigenvalue weighted by atomic mass is 9.97. The van der Waals surface area contributed by atoms with Crippen LogP contribution in [0.3, 0.4) is 0 Å². The van der Waals surface area contributed by atoms with Crippen LogP contribution in [0, 0.1) is 17.1 Å². The lowest BCUT2D eigenvalue weighted by Gasteiger charge is -2.13. The number of anilines is 1. The molecule has 0 aliphatic heterocycles. The molecule has 2 aromatic heterocycles. The quantitative estimate of drug-likeness (QED) is 0.474. The Morgan fingerprint density at radius 3 is 2.66 bits per heavy atom. The maximum Gasteiger partial charge on any atom is 0.349 e. The van der Waals surface area contributed by atoms with Crippen molar-refractivity contribution in [1.29, 1.82) is 5.26 Å². The summed E-state index contributed by atoms with van der Waals surface area (Å²) in [5, 5.41) is 20.5. The number of nitrogen functional groups attached to an aromatic ring is 1. The second-order valence-corrected chi connectivity index (χ2v) is 6.54. The molecule has 0 saturated heterocycles. The Balaban J connectivity index is 2.08. The van der Waals surface area contributed by atoms with E-state index in [4.69, 9.17) is 21.8 Å². The largest absolute Gasteiger partial charge is 0.506 e. The lowest BCUT2D eigenvalue weighted by Crippen LogP contribution is -2.07. The number of fused-ring (bicyclic) bond motifs is 1. The molecule has 0 unspecified atom stereocenters. The van der Waals surface area contributed by atoms with Crippen molar-refractivity contribution in [1.82, 2.24) is 4.98 Å². The third kappa shape index (κ3) is 2.96. The smallest absolute Gasteiger partial charge is 0.349 e. The van der Waals surface area contributed by atoms with Gasteiger partial charge in [-0.05, 0) is 30.3 Å². The number of hydrogen-bond acceptors (Lipinski definition) is 6. The van der Waals surface area contributed by atoms with Crippen LogP contribution in [0.5, 0.6) is 5.75 Å². The summed E-state index contributed by atoms with van der Waals surface area (Å²) in [5.41, 5.74) is 4.79. The molecule has 0 fully saturated rings. The minimum absolute atomic E-state index is 0.0464. The number of nitrogens with two attached hydrogens (primary N) is 1. The molecule has 4 aromatic rings. The summed E-state index contributed by atoms with van der Waals surface area (Å²) in [4.78, 5) is 16.6. The van der Waals surface area contributed by atoms with Gasteiger partial charge in [0.25, 0.3) is 0 Å². The topological polar surface area (TPSA) is 113 Å². The molecule has 142 valence electrons. The predicted octanol–water partition coefficient (Wildman–Crippen LogP) is 4.47. The van der Waals surface area contributed by atoms with Gasteiger partial charge < -0.3 is 15.3 Å². The van der Waals surface area contributed by atoms with Gasteiger partial charge in [-0.15, -0.1) is 0 Å². The van der Waals surface area contributed by atoms with Crippen molar-refractivity contribution in [3.8, 4) is 34.2 Å². The maximum atomic E-state index is 14.5. The predicted molar refractivity (Wildman–Crippen MR) is 107 cm³/mol. The first-order chi connectivity index (χ1) is 13.9. The molecule has 0 atom stereocenters. The summed E-state index contributed by atoms with van der Waals surface area (Å²) < 4.78 is 19.8. The molecule has 0 saturated carbocycles. The van der Waals surface area contributed by atoms with Crippen LogP contribution in [-0.2, 0) is 0 Å². The zero-order valence-corrected chi connectivity index (χ0v) is 15.4. The van der Waals surface area contributed by atoms with Crippen molar-refractivity contribution >= 4 is 28.4 Å². The Morgan fingerprint density at radius 2 is 1.93 bits per heavy atom. The molecular formula is C21H11ClFN3O3.